The molecule has 0 aliphatic rings. The van der Waals surface area contributed by atoms with Crippen LogP contribution in [0.3, 0.4) is 0 Å². The van der Waals surface area contributed by atoms with Gasteiger partial charge in [-0.05, 0) is 66.7 Å². The molecular weight excluding hydrogens is 408 g/mol. The van der Waals surface area contributed by atoms with Crippen molar-refractivity contribution in [3.63, 3.8) is 0 Å². The van der Waals surface area contributed by atoms with Gasteiger partial charge in [-0.2, -0.15) is 0 Å². The van der Waals surface area contributed by atoms with Crippen LogP contribution in [-0.4, -0.2) is 0 Å². The molecule has 0 saturated carbocycles. The zero-order valence-corrected chi connectivity index (χ0v) is 18.9. The minimum Gasteiger partial charge on any atom is -0.0622 e. The number of rotatable bonds is 4. The molecule has 0 N–H and O–H groups in total. The highest BCUT2D eigenvalue weighted by molar-refractivity contribution is 6.23. The maximum atomic E-state index is 2.34. The van der Waals surface area contributed by atoms with Crippen LogP contribution in [-0.2, 0) is 0 Å². The van der Waals surface area contributed by atoms with E-state index in [0.29, 0.717) is 0 Å². The minimum atomic E-state index is 1.21. The summed E-state index contributed by atoms with van der Waals surface area (Å²) in [6.45, 7) is 0. The Morgan fingerprint density at radius 2 is 0.735 bits per heavy atom. The number of hydrogen-bond donors (Lipinski definition) is 0. The molecule has 0 amide bonds. The Kier molecular flexibility index (Phi) is 5.26. The first-order valence-electron chi connectivity index (χ1n) is 11.7. The molecule has 0 spiro atoms. The largest absolute Gasteiger partial charge is 0.0622 e. The van der Waals surface area contributed by atoms with Gasteiger partial charge in [-0.1, -0.05) is 133 Å². The summed E-state index contributed by atoms with van der Waals surface area (Å²) >= 11 is 0. The van der Waals surface area contributed by atoms with Crippen LogP contribution >= 0.6 is 0 Å². The molecule has 0 saturated heterocycles. The van der Waals surface area contributed by atoms with Gasteiger partial charge in [0.15, 0.2) is 0 Å². The second kappa shape index (κ2) is 8.84. The Morgan fingerprint density at radius 1 is 0.353 bits per heavy atom. The van der Waals surface area contributed by atoms with Crippen molar-refractivity contribution in [2.75, 3.05) is 0 Å². The fourth-order valence-electron chi connectivity index (χ4n) is 4.81. The molecule has 160 valence electrons. The summed E-state index contributed by atoms with van der Waals surface area (Å²) in [6, 6.07) is 43.2. The average Bonchev–Trinajstić information content (AvgIpc) is 2.91. The molecule has 0 fully saturated rings. The van der Waals surface area contributed by atoms with E-state index >= 15 is 0 Å². The van der Waals surface area contributed by atoms with E-state index in [1.807, 2.05) is 0 Å². The van der Waals surface area contributed by atoms with Crippen LogP contribution in [0, 0.1) is 0 Å². The van der Waals surface area contributed by atoms with Crippen molar-refractivity contribution in [2.45, 2.75) is 0 Å². The number of benzene rings is 6. The first-order chi connectivity index (χ1) is 16.9. The zero-order valence-electron chi connectivity index (χ0n) is 18.9. The fraction of sp³-hybridized carbons (Fsp3) is 0. The molecule has 0 atom stereocenters. The van der Waals surface area contributed by atoms with Crippen LogP contribution in [0.1, 0.15) is 22.3 Å². The average molecular weight is 433 g/mol. The SMILES string of the molecule is C(=C\c1cc2cc(/C=C/c3ccccc3)c3ccccc3c2c2ccccc12)/c1ccccc1. The molecule has 34 heavy (non-hydrogen) atoms. The van der Waals surface area contributed by atoms with Crippen molar-refractivity contribution in [3.05, 3.63) is 144 Å². The van der Waals surface area contributed by atoms with Crippen molar-refractivity contribution in [3.8, 4) is 0 Å². The summed E-state index contributed by atoms with van der Waals surface area (Å²) in [5, 5.41) is 7.72. The van der Waals surface area contributed by atoms with Gasteiger partial charge in [0.05, 0.1) is 0 Å². The van der Waals surface area contributed by atoms with E-state index in [2.05, 4.69) is 146 Å². The standard InChI is InChI=1S/C34H24/c1-3-11-25(12-4-1)19-21-27-23-29-24-28(22-20-26-13-5-2-6-14-26)31-16-8-10-18-33(31)34(29)32-17-9-7-15-30(27)32/h1-24H/b21-19+,22-20+. The quantitative estimate of drug-likeness (QED) is 0.192. The summed E-state index contributed by atoms with van der Waals surface area (Å²) in [5.41, 5.74) is 4.88. The highest BCUT2D eigenvalue weighted by atomic mass is 14.1. The van der Waals surface area contributed by atoms with E-state index < -0.39 is 0 Å². The summed E-state index contributed by atoms with van der Waals surface area (Å²) in [6.07, 6.45) is 8.88. The predicted molar refractivity (Wildman–Crippen MR) is 150 cm³/mol. The van der Waals surface area contributed by atoms with Crippen LogP contribution in [0.2, 0.25) is 0 Å². The van der Waals surface area contributed by atoms with Gasteiger partial charge < -0.3 is 0 Å². The van der Waals surface area contributed by atoms with E-state index in [9.17, 15) is 0 Å². The first-order valence-corrected chi connectivity index (χ1v) is 11.7. The molecule has 0 aromatic heterocycles. The smallest absolute Gasteiger partial charge is 0.00260 e. The van der Waals surface area contributed by atoms with Gasteiger partial charge in [0, 0.05) is 0 Å². The Morgan fingerprint density at radius 3 is 1.18 bits per heavy atom. The van der Waals surface area contributed by atoms with Gasteiger partial charge in [-0.15, -0.1) is 0 Å². The van der Waals surface area contributed by atoms with Crippen molar-refractivity contribution in [2.24, 2.45) is 0 Å². The zero-order chi connectivity index (χ0) is 22.7. The lowest BCUT2D eigenvalue weighted by molar-refractivity contribution is 1.66. The van der Waals surface area contributed by atoms with Crippen LogP contribution < -0.4 is 0 Å². The molecule has 0 aliphatic heterocycles. The monoisotopic (exact) mass is 432 g/mol. The fourth-order valence-corrected chi connectivity index (χ4v) is 4.81. The molecule has 0 heteroatoms. The Labute approximate surface area is 200 Å². The predicted octanol–water partition coefficient (Wildman–Crippen LogP) is 9.49. The van der Waals surface area contributed by atoms with Gasteiger partial charge in [-0.3, -0.25) is 0 Å². The molecule has 0 radical (unpaired) electrons. The van der Waals surface area contributed by atoms with Crippen molar-refractivity contribution in [1.82, 2.24) is 0 Å². The third-order valence-corrected chi connectivity index (χ3v) is 6.44. The van der Waals surface area contributed by atoms with E-state index in [4.69, 9.17) is 0 Å². The van der Waals surface area contributed by atoms with Crippen molar-refractivity contribution in [1.29, 1.82) is 0 Å². The second-order valence-corrected chi connectivity index (χ2v) is 8.61. The van der Waals surface area contributed by atoms with Gasteiger partial charge in [0.2, 0.25) is 0 Å². The van der Waals surface area contributed by atoms with Crippen LogP contribution in [0.5, 0.6) is 0 Å². The van der Waals surface area contributed by atoms with E-state index in [1.54, 1.807) is 0 Å². The maximum absolute atomic E-state index is 2.34. The summed E-state index contributed by atoms with van der Waals surface area (Å²) < 4.78 is 0. The van der Waals surface area contributed by atoms with Gasteiger partial charge in [-0.25, -0.2) is 0 Å². The Bertz CT molecular complexity index is 1550. The molecule has 0 nitrogen and oxygen atoms in total. The highest BCUT2D eigenvalue weighted by Gasteiger charge is 2.10. The molecule has 0 bridgehead atoms. The number of fused-ring (bicyclic) bond motifs is 5. The second-order valence-electron chi connectivity index (χ2n) is 8.61. The van der Waals surface area contributed by atoms with Crippen molar-refractivity contribution < 1.29 is 0 Å². The Balaban J connectivity index is 1.60. The van der Waals surface area contributed by atoms with E-state index in [0.717, 1.165) is 0 Å². The Hall–Kier alpha value is -4.42. The van der Waals surface area contributed by atoms with E-state index in [-0.39, 0.29) is 0 Å². The molecule has 0 unspecified atom stereocenters. The summed E-state index contributed by atoms with van der Waals surface area (Å²) in [5.74, 6) is 0. The lowest BCUT2D eigenvalue weighted by atomic mass is 9.90. The molecule has 6 aromatic rings. The van der Waals surface area contributed by atoms with E-state index in [1.165, 1.54) is 54.6 Å². The van der Waals surface area contributed by atoms with Crippen LogP contribution in [0.25, 0.3) is 56.6 Å². The molecule has 0 heterocycles. The summed E-state index contributed by atoms with van der Waals surface area (Å²) in [4.78, 5) is 0. The third kappa shape index (κ3) is 3.80. The van der Waals surface area contributed by atoms with Crippen LogP contribution in [0.4, 0.5) is 0 Å². The highest BCUT2D eigenvalue weighted by Crippen LogP contribution is 2.37. The van der Waals surface area contributed by atoms with Gasteiger partial charge in [0.1, 0.15) is 0 Å². The molecule has 0 aliphatic carbocycles. The lowest BCUT2D eigenvalue weighted by Crippen LogP contribution is -1.87. The van der Waals surface area contributed by atoms with Gasteiger partial charge >= 0.3 is 0 Å². The molecule has 6 aromatic carbocycles. The van der Waals surface area contributed by atoms with Crippen LogP contribution in [0.15, 0.2) is 121 Å². The molecular formula is C34H24. The third-order valence-electron chi connectivity index (χ3n) is 6.44. The molecule has 6 rings (SSSR count). The normalized spacial score (nSPS) is 11.9. The summed E-state index contributed by atoms with van der Waals surface area (Å²) in [7, 11) is 0. The first kappa shape index (κ1) is 20.2. The minimum absolute atomic E-state index is 1.21. The maximum Gasteiger partial charge on any atom is -0.00260 e. The topological polar surface area (TPSA) is 0 Å². The van der Waals surface area contributed by atoms with Crippen molar-refractivity contribution >= 4 is 56.6 Å². The number of hydrogen-bond acceptors (Lipinski definition) is 0. The lowest BCUT2D eigenvalue weighted by Gasteiger charge is -2.13. The van der Waals surface area contributed by atoms with Gasteiger partial charge in [0.25, 0.3) is 0 Å².